The van der Waals surface area contributed by atoms with Gasteiger partial charge < -0.3 is 4.90 Å². The van der Waals surface area contributed by atoms with E-state index in [1.54, 1.807) is 0 Å². The molecule has 1 aliphatic heterocycles. The van der Waals surface area contributed by atoms with Gasteiger partial charge in [-0.1, -0.05) is 0 Å². The molecule has 106 valence electrons. The maximum absolute atomic E-state index is 12.8. The van der Waals surface area contributed by atoms with Crippen LogP contribution in [0.1, 0.15) is 19.8 Å². The summed E-state index contributed by atoms with van der Waals surface area (Å²) in [6.45, 7) is 2.95. The van der Waals surface area contributed by atoms with E-state index in [-0.39, 0.29) is 10.9 Å². The lowest BCUT2D eigenvalue weighted by Crippen LogP contribution is -2.47. The first kappa shape index (κ1) is 14.4. The Morgan fingerprint density at radius 2 is 1.95 bits per heavy atom. The molecule has 0 spiro atoms. The molecule has 0 aliphatic carbocycles. The van der Waals surface area contributed by atoms with Gasteiger partial charge in [-0.2, -0.15) is 0 Å². The smallest absolute Gasteiger partial charge is 0.240 e. The van der Waals surface area contributed by atoms with Gasteiger partial charge in [0, 0.05) is 12.1 Å². The maximum Gasteiger partial charge on any atom is 0.240 e. The van der Waals surface area contributed by atoms with E-state index in [1.807, 2.05) is 7.05 Å². The molecular weight excluding hydrogens is 267 g/mol. The number of rotatable bonds is 3. The minimum atomic E-state index is -3.55. The van der Waals surface area contributed by atoms with Gasteiger partial charge in [-0.15, -0.1) is 0 Å². The molecule has 0 bridgehead atoms. The molecule has 1 aromatic rings. The summed E-state index contributed by atoms with van der Waals surface area (Å²) in [5.74, 6) is -0.438. The summed E-state index contributed by atoms with van der Waals surface area (Å²) in [4.78, 5) is 2.32. The molecule has 1 saturated heterocycles. The second-order valence-electron chi connectivity index (χ2n) is 5.13. The fraction of sp³-hybridized carbons (Fsp3) is 0.538. The average Bonchev–Trinajstić information content (AvgIpc) is 2.34. The number of likely N-dealkylation sites (tertiary alicyclic amines) is 1. The predicted octanol–water partition coefficient (Wildman–Crippen LogP) is 1.59. The average molecular weight is 286 g/mol. The third-order valence-corrected chi connectivity index (χ3v) is 5.19. The molecule has 1 aromatic carbocycles. The Kier molecular flexibility index (Phi) is 4.23. The van der Waals surface area contributed by atoms with Crippen molar-refractivity contribution in [1.29, 1.82) is 0 Å². The van der Waals surface area contributed by atoms with Crippen LogP contribution in [0.2, 0.25) is 0 Å². The first-order valence-corrected chi connectivity index (χ1v) is 7.85. The molecule has 1 aliphatic rings. The number of benzene rings is 1. The van der Waals surface area contributed by atoms with Crippen LogP contribution in [-0.4, -0.2) is 39.0 Å². The third kappa shape index (κ3) is 3.52. The zero-order chi connectivity index (χ0) is 14.0. The molecule has 0 radical (unpaired) electrons. The summed E-state index contributed by atoms with van der Waals surface area (Å²) in [5.41, 5.74) is 0. The van der Waals surface area contributed by atoms with E-state index in [0.717, 1.165) is 31.5 Å². The van der Waals surface area contributed by atoms with Crippen molar-refractivity contribution in [2.24, 2.45) is 0 Å². The lowest BCUT2D eigenvalue weighted by molar-refractivity contribution is 0.178. The summed E-state index contributed by atoms with van der Waals surface area (Å²) in [6, 6.07) is 5.19. The third-order valence-electron chi connectivity index (χ3n) is 3.65. The molecular formula is C13H19FN2O2S. The van der Waals surface area contributed by atoms with Crippen LogP contribution in [0.15, 0.2) is 29.2 Å². The van der Waals surface area contributed by atoms with E-state index >= 15 is 0 Å². The van der Waals surface area contributed by atoms with Crippen molar-refractivity contribution in [3.8, 4) is 0 Å². The van der Waals surface area contributed by atoms with Crippen LogP contribution < -0.4 is 4.72 Å². The minimum absolute atomic E-state index is 0.0544. The van der Waals surface area contributed by atoms with Gasteiger partial charge in [0.1, 0.15) is 5.82 Å². The van der Waals surface area contributed by atoms with Crippen LogP contribution in [0, 0.1) is 5.82 Å². The second-order valence-corrected chi connectivity index (χ2v) is 6.84. The minimum Gasteiger partial charge on any atom is -0.304 e. The summed E-state index contributed by atoms with van der Waals surface area (Å²) < 4.78 is 39.8. The van der Waals surface area contributed by atoms with Crippen molar-refractivity contribution in [3.05, 3.63) is 30.1 Å². The van der Waals surface area contributed by atoms with Gasteiger partial charge in [-0.3, -0.25) is 0 Å². The van der Waals surface area contributed by atoms with Crippen molar-refractivity contribution in [2.75, 3.05) is 13.6 Å². The highest BCUT2D eigenvalue weighted by molar-refractivity contribution is 7.89. The first-order valence-electron chi connectivity index (χ1n) is 6.36. The summed E-state index contributed by atoms with van der Waals surface area (Å²) in [5, 5.41) is 0. The molecule has 2 rings (SSSR count). The van der Waals surface area contributed by atoms with Crippen molar-refractivity contribution >= 4 is 10.0 Å². The van der Waals surface area contributed by atoms with Gasteiger partial charge in [0.2, 0.25) is 10.0 Å². The van der Waals surface area contributed by atoms with Crippen LogP contribution in [0.25, 0.3) is 0 Å². The van der Waals surface area contributed by atoms with E-state index in [0.29, 0.717) is 6.04 Å². The normalized spacial score (nSPS) is 25.4. The van der Waals surface area contributed by atoms with E-state index in [2.05, 4.69) is 16.5 Å². The first-order chi connectivity index (χ1) is 8.88. The quantitative estimate of drug-likeness (QED) is 0.918. The lowest BCUT2D eigenvalue weighted by Gasteiger charge is -2.35. The Morgan fingerprint density at radius 3 is 2.53 bits per heavy atom. The Labute approximate surface area is 113 Å². The Morgan fingerprint density at radius 1 is 1.32 bits per heavy atom. The van der Waals surface area contributed by atoms with Crippen LogP contribution in [-0.2, 0) is 10.0 Å². The molecule has 2 atom stereocenters. The maximum atomic E-state index is 12.8. The molecule has 1 N–H and O–H groups in total. The number of halogens is 1. The molecule has 0 amide bonds. The number of sulfonamides is 1. The standard InChI is InChI=1S/C13H19FN2O2S/c1-10-9-12(7-8-16(10)2)15-19(17,18)13-5-3-11(14)4-6-13/h3-6,10,12,15H,7-9H2,1-2H3. The highest BCUT2D eigenvalue weighted by Crippen LogP contribution is 2.18. The fourth-order valence-corrected chi connectivity index (χ4v) is 3.58. The number of nitrogens with one attached hydrogen (secondary N) is 1. The largest absolute Gasteiger partial charge is 0.304 e. The molecule has 0 saturated carbocycles. The molecule has 1 fully saturated rings. The van der Waals surface area contributed by atoms with Crippen LogP contribution in [0.4, 0.5) is 4.39 Å². The molecule has 1 heterocycles. The van der Waals surface area contributed by atoms with Crippen molar-refractivity contribution in [3.63, 3.8) is 0 Å². The van der Waals surface area contributed by atoms with E-state index in [9.17, 15) is 12.8 Å². The number of nitrogens with zero attached hydrogens (tertiary/aromatic N) is 1. The van der Waals surface area contributed by atoms with Gasteiger partial charge in [0.25, 0.3) is 0 Å². The van der Waals surface area contributed by atoms with Gasteiger partial charge in [0.05, 0.1) is 4.90 Å². The lowest BCUT2D eigenvalue weighted by atomic mass is 10.0. The number of piperidine rings is 1. The van der Waals surface area contributed by atoms with Crippen LogP contribution in [0.5, 0.6) is 0 Å². The van der Waals surface area contributed by atoms with Crippen LogP contribution >= 0.6 is 0 Å². The second kappa shape index (κ2) is 5.56. The number of hydrogen-bond acceptors (Lipinski definition) is 3. The molecule has 19 heavy (non-hydrogen) atoms. The van der Waals surface area contributed by atoms with Gasteiger partial charge in [-0.05, 0) is 57.6 Å². The Bertz CT molecular complexity index is 530. The SMILES string of the molecule is CC1CC(NS(=O)(=O)c2ccc(F)cc2)CCN1C. The molecule has 2 unspecified atom stereocenters. The Balaban J connectivity index is 2.07. The summed E-state index contributed by atoms with van der Waals surface area (Å²) in [7, 11) is -1.52. The van der Waals surface area contributed by atoms with E-state index in [4.69, 9.17) is 0 Å². The van der Waals surface area contributed by atoms with Crippen LogP contribution in [0.3, 0.4) is 0 Å². The highest BCUT2D eigenvalue weighted by atomic mass is 32.2. The topological polar surface area (TPSA) is 49.4 Å². The molecule has 0 aromatic heterocycles. The summed E-state index contributed by atoms with van der Waals surface area (Å²) >= 11 is 0. The fourth-order valence-electron chi connectivity index (χ4n) is 2.30. The van der Waals surface area contributed by atoms with E-state index in [1.165, 1.54) is 12.1 Å². The summed E-state index contributed by atoms with van der Waals surface area (Å²) in [6.07, 6.45) is 1.58. The molecule has 6 heteroatoms. The van der Waals surface area contributed by atoms with Gasteiger partial charge in [-0.25, -0.2) is 17.5 Å². The molecule has 4 nitrogen and oxygen atoms in total. The zero-order valence-electron chi connectivity index (χ0n) is 11.1. The van der Waals surface area contributed by atoms with Crippen molar-refractivity contribution < 1.29 is 12.8 Å². The monoisotopic (exact) mass is 286 g/mol. The van der Waals surface area contributed by atoms with Gasteiger partial charge >= 0.3 is 0 Å². The van der Waals surface area contributed by atoms with E-state index < -0.39 is 15.8 Å². The van der Waals surface area contributed by atoms with Crippen molar-refractivity contribution in [2.45, 2.75) is 36.7 Å². The van der Waals surface area contributed by atoms with Crippen molar-refractivity contribution in [1.82, 2.24) is 9.62 Å². The predicted molar refractivity (Wildman–Crippen MR) is 71.8 cm³/mol. The van der Waals surface area contributed by atoms with Gasteiger partial charge in [0.15, 0.2) is 0 Å². The zero-order valence-corrected chi connectivity index (χ0v) is 12.0. The Hall–Kier alpha value is -0.980. The highest BCUT2D eigenvalue weighted by Gasteiger charge is 2.26. The number of hydrogen-bond donors (Lipinski definition) is 1.